The number of anilines is 2. The van der Waals surface area contributed by atoms with Crippen molar-refractivity contribution in [2.24, 2.45) is 0 Å². The van der Waals surface area contributed by atoms with Gasteiger partial charge in [-0.2, -0.15) is 0 Å². The molecule has 5 rings (SSSR count). The number of ether oxygens (including phenoxy) is 1. The number of benzene rings is 3. The molecule has 8 heteroatoms. The summed E-state index contributed by atoms with van der Waals surface area (Å²) in [6, 6.07) is 21.1. The molecule has 170 valence electrons. The van der Waals surface area contributed by atoms with Crippen LogP contribution in [-0.4, -0.2) is 29.9 Å². The van der Waals surface area contributed by atoms with Gasteiger partial charge in [-0.25, -0.2) is 9.37 Å². The first kappa shape index (κ1) is 21.8. The predicted molar refractivity (Wildman–Crippen MR) is 130 cm³/mol. The first-order chi connectivity index (χ1) is 16.5. The van der Waals surface area contributed by atoms with Crippen molar-refractivity contribution in [3.63, 3.8) is 0 Å². The number of hydrogen-bond acceptors (Lipinski definition) is 5. The summed E-state index contributed by atoms with van der Waals surface area (Å²) in [5, 5.41) is 5.66. The third-order valence-electron chi connectivity index (χ3n) is 5.38. The normalized spacial score (nSPS) is 12.7. The maximum atomic E-state index is 13.1. The SMILES string of the molecule is O=C(CN1C(=O)COc2ccc(-c3csc(Cc4ccccc4)n3)cc21)Nc1ccc(F)cc1. The van der Waals surface area contributed by atoms with Crippen molar-refractivity contribution in [3.8, 4) is 17.0 Å². The molecular weight excluding hydrogens is 453 g/mol. The molecule has 0 unspecified atom stereocenters. The van der Waals surface area contributed by atoms with Crippen molar-refractivity contribution in [1.82, 2.24) is 4.98 Å². The van der Waals surface area contributed by atoms with Crippen molar-refractivity contribution in [3.05, 3.63) is 94.6 Å². The average Bonchev–Trinajstić information content (AvgIpc) is 3.31. The topological polar surface area (TPSA) is 71.5 Å². The second-order valence-corrected chi connectivity index (χ2v) is 8.74. The van der Waals surface area contributed by atoms with Gasteiger partial charge < -0.3 is 10.1 Å². The number of carbonyl (C=O) groups excluding carboxylic acids is 2. The van der Waals surface area contributed by atoms with Gasteiger partial charge in [0.15, 0.2) is 6.61 Å². The highest BCUT2D eigenvalue weighted by Gasteiger charge is 2.28. The van der Waals surface area contributed by atoms with Gasteiger partial charge in [-0.3, -0.25) is 14.5 Å². The van der Waals surface area contributed by atoms with Crippen molar-refractivity contribution in [1.29, 1.82) is 0 Å². The van der Waals surface area contributed by atoms with Crippen LogP contribution >= 0.6 is 11.3 Å². The van der Waals surface area contributed by atoms with Crippen LogP contribution < -0.4 is 15.0 Å². The molecule has 2 amide bonds. The van der Waals surface area contributed by atoms with Crippen molar-refractivity contribution < 1.29 is 18.7 Å². The van der Waals surface area contributed by atoms with E-state index in [9.17, 15) is 14.0 Å². The Morgan fingerprint density at radius 2 is 1.88 bits per heavy atom. The van der Waals surface area contributed by atoms with E-state index in [-0.39, 0.29) is 19.1 Å². The van der Waals surface area contributed by atoms with Crippen LogP contribution in [0.2, 0.25) is 0 Å². The van der Waals surface area contributed by atoms with Gasteiger partial charge in [0.25, 0.3) is 5.91 Å². The fraction of sp³-hybridized carbons (Fsp3) is 0.115. The molecule has 0 aliphatic carbocycles. The van der Waals surface area contributed by atoms with E-state index in [1.165, 1.54) is 34.7 Å². The Labute approximate surface area is 199 Å². The zero-order valence-corrected chi connectivity index (χ0v) is 18.8. The minimum atomic E-state index is -0.392. The predicted octanol–water partition coefficient (Wildman–Crippen LogP) is 4.90. The molecule has 3 aromatic carbocycles. The molecule has 34 heavy (non-hydrogen) atoms. The van der Waals surface area contributed by atoms with Gasteiger partial charge in [0.1, 0.15) is 18.1 Å². The molecule has 0 fully saturated rings. The number of carbonyl (C=O) groups is 2. The Bertz CT molecular complexity index is 1340. The van der Waals surface area contributed by atoms with E-state index in [1.54, 1.807) is 17.4 Å². The molecule has 4 aromatic rings. The minimum absolute atomic E-state index is 0.145. The van der Waals surface area contributed by atoms with E-state index in [1.807, 2.05) is 35.7 Å². The van der Waals surface area contributed by atoms with Gasteiger partial charge in [0.2, 0.25) is 5.91 Å². The summed E-state index contributed by atoms with van der Waals surface area (Å²) >= 11 is 1.58. The Morgan fingerprint density at radius 1 is 1.09 bits per heavy atom. The first-order valence-corrected chi connectivity index (χ1v) is 11.5. The molecule has 1 N–H and O–H groups in total. The quantitative estimate of drug-likeness (QED) is 0.432. The lowest BCUT2D eigenvalue weighted by atomic mass is 10.1. The van der Waals surface area contributed by atoms with Crippen LogP contribution in [0.5, 0.6) is 5.75 Å². The summed E-state index contributed by atoms with van der Waals surface area (Å²) in [4.78, 5) is 31.4. The lowest BCUT2D eigenvalue weighted by Gasteiger charge is -2.29. The third-order valence-corrected chi connectivity index (χ3v) is 6.23. The van der Waals surface area contributed by atoms with Crippen LogP contribution in [0.4, 0.5) is 15.8 Å². The van der Waals surface area contributed by atoms with Crippen molar-refractivity contribution in [2.45, 2.75) is 6.42 Å². The van der Waals surface area contributed by atoms with E-state index < -0.39 is 11.7 Å². The average molecular weight is 474 g/mol. The van der Waals surface area contributed by atoms with Gasteiger partial charge in [-0.1, -0.05) is 30.3 Å². The number of aromatic nitrogens is 1. The molecule has 0 radical (unpaired) electrons. The van der Waals surface area contributed by atoms with Crippen LogP contribution in [0.15, 0.2) is 78.2 Å². The lowest BCUT2D eigenvalue weighted by molar-refractivity contribution is -0.123. The highest BCUT2D eigenvalue weighted by atomic mass is 32.1. The zero-order chi connectivity index (χ0) is 23.5. The van der Waals surface area contributed by atoms with E-state index in [0.29, 0.717) is 17.1 Å². The zero-order valence-electron chi connectivity index (χ0n) is 18.0. The Kier molecular flexibility index (Phi) is 6.05. The smallest absolute Gasteiger partial charge is 0.265 e. The number of hydrogen-bond donors (Lipinski definition) is 1. The van der Waals surface area contributed by atoms with Crippen LogP contribution in [0, 0.1) is 5.82 Å². The van der Waals surface area contributed by atoms with Crippen molar-refractivity contribution >= 4 is 34.5 Å². The summed E-state index contributed by atoms with van der Waals surface area (Å²) in [6.45, 7) is -0.333. The van der Waals surface area contributed by atoms with E-state index >= 15 is 0 Å². The van der Waals surface area contributed by atoms with Gasteiger partial charge >= 0.3 is 0 Å². The fourth-order valence-corrected chi connectivity index (χ4v) is 4.54. The molecule has 1 aliphatic rings. The Morgan fingerprint density at radius 3 is 2.68 bits per heavy atom. The molecule has 0 atom stereocenters. The molecular formula is C26H20FN3O3S. The number of fused-ring (bicyclic) bond motifs is 1. The number of nitrogens with one attached hydrogen (secondary N) is 1. The summed E-state index contributed by atoms with van der Waals surface area (Å²) in [5.74, 6) is -0.576. The Balaban J connectivity index is 1.36. The fourth-order valence-electron chi connectivity index (χ4n) is 3.71. The largest absolute Gasteiger partial charge is 0.482 e. The van der Waals surface area contributed by atoms with E-state index in [2.05, 4.69) is 17.4 Å². The highest BCUT2D eigenvalue weighted by molar-refractivity contribution is 7.10. The van der Waals surface area contributed by atoms with E-state index in [4.69, 9.17) is 9.72 Å². The van der Waals surface area contributed by atoms with Crippen LogP contribution in [0.1, 0.15) is 10.6 Å². The third kappa shape index (κ3) is 4.82. The van der Waals surface area contributed by atoms with Crippen LogP contribution in [-0.2, 0) is 16.0 Å². The van der Waals surface area contributed by atoms with Gasteiger partial charge in [-0.05, 0) is 48.0 Å². The summed E-state index contributed by atoms with van der Waals surface area (Å²) < 4.78 is 18.7. The van der Waals surface area contributed by atoms with Crippen LogP contribution in [0.3, 0.4) is 0 Å². The molecule has 1 aromatic heterocycles. The van der Waals surface area contributed by atoms with Gasteiger partial charge in [-0.15, -0.1) is 11.3 Å². The van der Waals surface area contributed by atoms with Crippen LogP contribution in [0.25, 0.3) is 11.3 Å². The minimum Gasteiger partial charge on any atom is -0.482 e. The highest BCUT2D eigenvalue weighted by Crippen LogP contribution is 2.36. The first-order valence-electron chi connectivity index (χ1n) is 10.7. The standard InChI is InChI=1S/C26H20FN3O3S/c27-19-7-9-20(10-8-19)28-24(31)14-30-22-13-18(6-11-23(22)33-15-26(30)32)21-16-34-25(29-21)12-17-4-2-1-3-5-17/h1-11,13,16H,12,14-15H2,(H,28,31). The Hall–Kier alpha value is -4.04. The number of nitrogens with zero attached hydrogens (tertiary/aromatic N) is 2. The number of halogens is 1. The second-order valence-electron chi connectivity index (χ2n) is 7.79. The summed E-state index contributed by atoms with van der Waals surface area (Å²) in [5.41, 5.74) is 3.78. The maximum absolute atomic E-state index is 13.1. The lowest BCUT2D eigenvalue weighted by Crippen LogP contribution is -2.43. The molecule has 0 spiro atoms. The van der Waals surface area contributed by atoms with Gasteiger partial charge in [0, 0.05) is 23.1 Å². The molecule has 0 saturated heterocycles. The van der Waals surface area contributed by atoms with E-state index in [0.717, 1.165) is 22.7 Å². The molecule has 0 bridgehead atoms. The molecule has 6 nitrogen and oxygen atoms in total. The molecule has 1 aliphatic heterocycles. The second kappa shape index (κ2) is 9.44. The monoisotopic (exact) mass is 473 g/mol. The molecule has 0 saturated carbocycles. The molecule has 2 heterocycles. The van der Waals surface area contributed by atoms with Crippen molar-refractivity contribution in [2.75, 3.05) is 23.4 Å². The maximum Gasteiger partial charge on any atom is 0.265 e. The summed E-state index contributed by atoms with van der Waals surface area (Å²) in [6.07, 6.45) is 0.744. The number of thiazole rings is 1. The summed E-state index contributed by atoms with van der Waals surface area (Å²) in [7, 11) is 0. The van der Waals surface area contributed by atoms with Gasteiger partial charge in [0.05, 0.1) is 16.4 Å². The number of amides is 2. The number of rotatable bonds is 6.